The van der Waals surface area contributed by atoms with Crippen LogP contribution in [0, 0.1) is 5.92 Å². The summed E-state index contributed by atoms with van der Waals surface area (Å²) in [5.74, 6) is 0.703. The molecule has 1 N–H and O–H groups in total. The summed E-state index contributed by atoms with van der Waals surface area (Å²) in [6.45, 7) is 4.85. The highest BCUT2D eigenvalue weighted by atomic mass is 35.5. The second-order valence-electron chi connectivity index (χ2n) is 6.10. The van der Waals surface area contributed by atoms with E-state index in [0.717, 1.165) is 31.2 Å². The van der Waals surface area contributed by atoms with Crippen molar-refractivity contribution in [3.8, 4) is 0 Å². The van der Waals surface area contributed by atoms with Crippen LogP contribution in [0.1, 0.15) is 45.1 Å². The van der Waals surface area contributed by atoms with Gasteiger partial charge in [-0.15, -0.1) is 0 Å². The number of hydrogen-bond donors (Lipinski definition) is 1. The van der Waals surface area contributed by atoms with E-state index in [1.165, 1.54) is 0 Å². The summed E-state index contributed by atoms with van der Waals surface area (Å²) in [7, 11) is 0. The van der Waals surface area contributed by atoms with Gasteiger partial charge in [0.1, 0.15) is 0 Å². The van der Waals surface area contributed by atoms with E-state index < -0.39 is 11.7 Å². The van der Waals surface area contributed by atoms with Gasteiger partial charge in [-0.2, -0.15) is 0 Å². The number of aliphatic hydroxyl groups excluding tert-OH is 1. The van der Waals surface area contributed by atoms with Gasteiger partial charge in [0, 0.05) is 23.1 Å². The molecule has 1 aliphatic carbocycles. The van der Waals surface area contributed by atoms with Gasteiger partial charge in [0.2, 0.25) is 0 Å². The molecule has 1 fully saturated rings. The molecule has 0 spiro atoms. The van der Waals surface area contributed by atoms with Crippen molar-refractivity contribution in [3.05, 3.63) is 33.8 Å². The Hall–Kier alpha value is -0.280. The average Bonchev–Trinajstić information content (AvgIpc) is 2.46. The van der Waals surface area contributed by atoms with Gasteiger partial charge < -0.3 is 9.84 Å². The third kappa shape index (κ3) is 3.92. The lowest BCUT2D eigenvalue weighted by atomic mass is 9.75. The molecule has 1 atom stereocenters. The summed E-state index contributed by atoms with van der Waals surface area (Å²) in [6.07, 6.45) is 3.83. The molecule has 2 nitrogen and oxygen atoms in total. The molecule has 0 amide bonds. The Kier molecular flexibility index (Phi) is 5.96. The van der Waals surface area contributed by atoms with Gasteiger partial charge in [-0.3, -0.25) is 0 Å². The maximum absolute atomic E-state index is 10.8. The Morgan fingerprint density at radius 1 is 1.29 bits per heavy atom. The van der Waals surface area contributed by atoms with Crippen molar-refractivity contribution in [1.82, 2.24) is 0 Å². The summed E-state index contributed by atoms with van der Waals surface area (Å²) in [4.78, 5) is 0. The van der Waals surface area contributed by atoms with Crippen LogP contribution in [0.2, 0.25) is 10.0 Å². The monoisotopic (exact) mass is 330 g/mol. The van der Waals surface area contributed by atoms with Crippen molar-refractivity contribution in [2.45, 2.75) is 57.7 Å². The van der Waals surface area contributed by atoms with Gasteiger partial charge in [-0.1, -0.05) is 36.2 Å². The molecule has 1 unspecified atom stereocenters. The van der Waals surface area contributed by atoms with Crippen molar-refractivity contribution in [1.29, 1.82) is 0 Å². The van der Waals surface area contributed by atoms with Crippen LogP contribution < -0.4 is 0 Å². The number of aliphatic hydroxyl groups is 1. The minimum absolute atomic E-state index is 0.437. The lowest BCUT2D eigenvalue weighted by Gasteiger charge is -2.42. The standard InChI is InChI=1S/C17H24Cl2O2/c1-3-21-17(9-7-12(2)8-10-17)16(20)11-13-14(18)5-4-6-15(13)19/h4-6,12,16,20H,3,7-11H2,1-2H3. The largest absolute Gasteiger partial charge is 0.390 e. The summed E-state index contributed by atoms with van der Waals surface area (Å²) in [6, 6.07) is 5.44. The molecule has 118 valence electrons. The van der Waals surface area contributed by atoms with Crippen molar-refractivity contribution in [3.63, 3.8) is 0 Å². The molecular weight excluding hydrogens is 307 g/mol. The van der Waals surface area contributed by atoms with Crippen LogP contribution in [0.15, 0.2) is 18.2 Å². The van der Waals surface area contributed by atoms with Crippen LogP contribution in [0.3, 0.4) is 0 Å². The van der Waals surface area contributed by atoms with Crippen LogP contribution >= 0.6 is 23.2 Å². The van der Waals surface area contributed by atoms with E-state index in [9.17, 15) is 5.11 Å². The van der Waals surface area contributed by atoms with Crippen LogP contribution in [-0.4, -0.2) is 23.4 Å². The predicted molar refractivity (Wildman–Crippen MR) is 88.2 cm³/mol. The maximum Gasteiger partial charge on any atom is 0.0943 e. The van der Waals surface area contributed by atoms with Crippen molar-refractivity contribution >= 4 is 23.2 Å². The average molecular weight is 331 g/mol. The van der Waals surface area contributed by atoms with Crippen molar-refractivity contribution < 1.29 is 9.84 Å². The van der Waals surface area contributed by atoms with Gasteiger partial charge in [-0.25, -0.2) is 0 Å². The smallest absolute Gasteiger partial charge is 0.0943 e. The second kappa shape index (κ2) is 7.32. The zero-order valence-corrected chi connectivity index (χ0v) is 14.3. The molecule has 1 aromatic rings. The maximum atomic E-state index is 10.8. The first kappa shape index (κ1) is 17.1. The molecular formula is C17H24Cl2O2. The molecule has 0 bridgehead atoms. The molecule has 4 heteroatoms. The number of rotatable bonds is 5. The number of ether oxygens (including phenoxy) is 1. The molecule has 0 radical (unpaired) electrons. The Morgan fingerprint density at radius 2 is 1.86 bits per heavy atom. The van der Waals surface area contributed by atoms with E-state index in [2.05, 4.69) is 6.92 Å². The Bertz CT molecular complexity index is 448. The molecule has 21 heavy (non-hydrogen) atoms. The Balaban J connectivity index is 2.17. The van der Waals surface area contributed by atoms with E-state index in [4.69, 9.17) is 27.9 Å². The first-order valence-electron chi connectivity index (χ1n) is 7.73. The lowest BCUT2D eigenvalue weighted by molar-refractivity contribution is -0.143. The summed E-state index contributed by atoms with van der Waals surface area (Å²) >= 11 is 12.4. The molecule has 0 heterocycles. The van der Waals surface area contributed by atoms with Crippen molar-refractivity contribution in [2.24, 2.45) is 5.92 Å². The van der Waals surface area contributed by atoms with Crippen LogP contribution in [0.4, 0.5) is 0 Å². The zero-order chi connectivity index (χ0) is 15.5. The highest BCUT2D eigenvalue weighted by molar-refractivity contribution is 6.36. The third-order valence-corrected chi connectivity index (χ3v) is 5.33. The fraction of sp³-hybridized carbons (Fsp3) is 0.647. The van der Waals surface area contributed by atoms with Gasteiger partial charge in [0.05, 0.1) is 11.7 Å². The van der Waals surface area contributed by atoms with E-state index in [1.807, 2.05) is 25.1 Å². The van der Waals surface area contributed by atoms with Crippen LogP contribution in [0.5, 0.6) is 0 Å². The van der Waals surface area contributed by atoms with Crippen molar-refractivity contribution in [2.75, 3.05) is 6.61 Å². The van der Waals surface area contributed by atoms with Crippen LogP contribution in [0.25, 0.3) is 0 Å². The first-order chi connectivity index (χ1) is 9.98. The highest BCUT2D eigenvalue weighted by Crippen LogP contribution is 2.39. The van der Waals surface area contributed by atoms with Crippen LogP contribution in [-0.2, 0) is 11.2 Å². The molecule has 0 aromatic heterocycles. The predicted octanol–water partition coefficient (Wildman–Crippen LogP) is 4.88. The van der Waals surface area contributed by atoms with E-state index in [0.29, 0.717) is 29.0 Å². The van der Waals surface area contributed by atoms with E-state index in [1.54, 1.807) is 0 Å². The Morgan fingerprint density at radius 3 is 2.38 bits per heavy atom. The van der Waals surface area contributed by atoms with Gasteiger partial charge in [0.15, 0.2) is 0 Å². The summed E-state index contributed by atoms with van der Waals surface area (Å²) in [5, 5.41) is 12.0. The first-order valence-corrected chi connectivity index (χ1v) is 8.49. The molecule has 1 aliphatic rings. The molecule has 0 aliphatic heterocycles. The minimum atomic E-state index is -0.581. The van der Waals surface area contributed by atoms with E-state index >= 15 is 0 Å². The SMILES string of the molecule is CCOC1(C(O)Cc2c(Cl)cccc2Cl)CCC(C)CC1. The molecule has 1 aromatic carbocycles. The fourth-order valence-corrected chi connectivity index (χ4v) is 3.77. The third-order valence-electron chi connectivity index (χ3n) is 4.62. The number of halogens is 2. The number of benzene rings is 1. The van der Waals surface area contributed by atoms with Gasteiger partial charge in [-0.05, 0) is 56.2 Å². The highest BCUT2D eigenvalue weighted by Gasteiger charge is 2.41. The summed E-state index contributed by atoms with van der Waals surface area (Å²) < 4.78 is 6.00. The topological polar surface area (TPSA) is 29.5 Å². The van der Waals surface area contributed by atoms with E-state index in [-0.39, 0.29) is 0 Å². The fourth-order valence-electron chi connectivity index (χ4n) is 3.22. The molecule has 2 rings (SSSR count). The quantitative estimate of drug-likeness (QED) is 0.833. The normalized spacial score (nSPS) is 27.6. The second-order valence-corrected chi connectivity index (χ2v) is 6.91. The Labute approximate surface area is 137 Å². The van der Waals surface area contributed by atoms with Gasteiger partial charge >= 0.3 is 0 Å². The van der Waals surface area contributed by atoms with Gasteiger partial charge in [0.25, 0.3) is 0 Å². The molecule has 0 saturated heterocycles. The number of hydrogen-bond acceptors (Lipinski definition) is 2. The summed E-state index contributed by atoms with van der Waals surface area (Å²) in [5.41, 5.74) is 0.357. The molecule has 1 saturated carbocycles. The zero-order valence-electron chi connectivity index (χ0n) is 12.7. The minimum Gasteiger partial charge on any atom is -0.390 e. The lowest BCUT2D eigenvalue weighted by Crippen LogP contribution is -2.48.